The van der Waals surface area contributed by atoms with Crippen LogP contribution >= 0.6 is 79.1 Å². The summed E-state index contributed by atoms with van der Waals surface area (Å²) in [6.07, 6.45) is 8.68. The molecule has 0 aromatic heterocycles. The number of allylic oxidation sites excluding steroid dienone is 10. The Bertz CT molecular complexity index is 5960. The van der Waals surface area contributed by atoms with Crippen LogP contribution < -0.4 is 45.8 Å². The highest BCUT2D eigenvalue weighted by Crippen LogP contribution is 2.53. The minimum atomic E-state index is -4.37. The van der Waals surface area contributed by atoms with E-state index in [0.29, 0.717) is 41.0 Å². The van der Waals surface area contributed by atoms with Gasteiger partial charge in [-0.05, 0) is 159 Å². The van der Waals surface area contributed by atoms with Crippen LogP contribution in [0, 0.1) is 0 Å². The molecule has 610 valence electrons. The van der Waals surface area contributed by atoms with E-state index in [4.69, 9.17) is 34.6 Å². The fourth-order valence-electron chi connectivity index (χ4n) is 14.7. The molecular formula is C84H78N7O20PS6. The van der Waals surface area contributed by atoms with Gasteiger partial charge in [-0.3, -0.25) is 43.1 Å². The van der Waals surface area contributed by atoms with Crippen molar-refractivity contribution >= 4 is 174 Å². The summed E-state index contributed by atoms with van der Waals surface area (Å²) < 4.78 is 14.0. The number of carboxylic acids is 3. The molecule has 2 fully saturated rings. The number of carbonyl (C=O) groups is 6. The minimum Gasteiger partial charge on any atom is -0.871 e. The first-order chi connectivity index (χ1) is 55.4. The molecule has 15 rings (SSSR count). The van der Waals surface area contributed by atoms with E-state index in [9.17, 15) is 88.5 Å². The molecule has 8 aliphatic rings. The molecule has 0 atom stereocenters. The third-order valence-corrected chi connectivity index (χ3v) is 27.2. The van der Waals surface area contributed by atoms with Crippen molar-refractivity contribution in [3.8, 4) is 5.75 Å². The number of amides is 2. The molecular weight excluding hydrogens is 1650 g/mol. The molecule has 7 aromatic carbocycles. The lowest BCUT2D eigenvalue weighted by molar-refractivity contribution is -0.401. The zero-order valence-corrected chi connectivity index (χ0v) is 70.7. The highest BCUT2D eigenvalue weighted by molar-refractivity contribution is 8.27. The third-order valence-electron chi connectivity index (χ3n) is 21.2. The Morgan fingerprint density at radius 3 is 1.69 bits per heavy atom. The number of para-hydroxylation sites is 1. The molecule has 10 N–H and O–H groups in total. The molecule has 2 amide bonds. The fourth-order valence-corrected chi connectivity index (χ4v) is 19.9. The molecule has 0 spiro atoms. The molecule has 118 heavy (non-hydrogen) atoms. The van der Waals surface area contributed by atoms with Crippen LogP contribution in [-0.4, -0.2) is 151 Å². The molecule has 1 aliphatic carbocycles. The predicted molar refractivity (Wildman–Crippen MR) is 462 cm³/mol. The number of thiocarbonyl (C=S) groups is 2. The number of nitrogens with zero attached hydrogens (tertiary/aromatic N) is 7. The van der Waals surface area contributed by atoms with Crippen LogP contribution in [0.2, 0.25) is 0 Å². The number of benzene rings is 6. The molecule has 0 unspecified atom stereocenters. The maximum atomic E-state index is 13.3. The Labute approximate surface area is 704 Å². The second-order valence-electron chi connectivity index (χ2n) is 29.5. The zero-order valence-electron chi connectivity index (χ0n) is 64.9. The quantitative estimate of drug-likeness (QED) is 0.0114. The number of carbonyl (C=O) groups excluding carboxylic acids is 3. The first kappa shape index (κ1) is 86.7. The topological polar surface area (TPSA) is 401 Å². The number of carboxylic acid groups (broad SMARTS) is 3. The van der Waals surface area contributed by atoms with Crippen molar-refractivity contribution in [1.82, 2.24) is 4.90 Å². The number of thioether (sulfide) groups is 4. The molecule has 0 radical (unpaired) electrons. The molecule has 7 aliphatic heterocycles. The molecule has 7 heterocycles. The number of anilines is 5. The molecule has 34 heteroatoms. The summed E-state index contributed by atoms with van der Waals surface area (Å²) >= 11 is 16.0. The number of aromatic carboxylic acids is 2. The monoisotopic (exact) mass is 1730 g/mol. The Hall–Kier alpha value is -10.6. The Balaban J connectivity index is 0.000000147. The number of rotatable bonds is 15. The van der Waals surface area contributed by atoms with Crippen molar-refractivity contribution in [2.75, 3.05) is 65.8 Å². The van der Waals surface area contributed by atoms with Crippen LogP contribution in [0.5, 0.6) is 5.75 Å². The fraction of sp³-hybridized carbons (Fsp3) is 0.226. The second kappa shape index (κ2) is 33.3. The van der Waals surface area contributed by atoms with Gasteiger partial charge in [0.05, 0.1) is 70.8 Å². The first-order valence-corrected chi connectivity index (χ1v) is 41.9. The van der Waals surface area contributed by atoms with Gasteiger partial charge in [0, 0.05) is 118 Å². The number of aliphatic hydroxyl groups excluding tert-OH is 2. The van der Waals surface area contributed by atoms with Crippen LogP contribution in [0.3, 0.4) is 0 Å². The van der Waals surface area contributed by atoms with Crippen molar-refractivity contribution < 1.29 is 93.7 Å². The van der Waals surface area contributed by atoms with Crippen molar-refractivity contribution in [3.63, 3.8) is 0 Å². The lowest BCUT2D eigenvalue weighted by atomic mass is 9.77. The predicted octanol–water partition coefficient (Wildman–Crippen LogP) is 10.7. The number of fused-ring (bicyclic) bond motifs is 5. The minimum absolute atomic E-state index is 0.00353. The van der Waals surface area contributed by atoms with Gasteiger partial charge in [-0.15, -0.1) is 0 Å². The number of Topliss-reactive ketones (excluding diaryl/α,β-unsaturated/α-hetero) is 1. The number of hydrogen-bond donors (Lipinski definition) is 10. The normalized spacial score (nSPS) is 19.8. The SMILES string of the molecule is CCN1C(=CC=C2SC(=S)N(CCC(=O)O)C2=O)Sc2ccccc21.CN1C(=CC2=C([O-])C(=CC3=[N+](C)c4ccc(C(=O)O)cc4C3(C)C)C2=O)C(C)(C)c2cc(C(O)O)ccc21.CN1C(=CC=C2SC(=S)N(c3ccc(P(=O)(O)O)cc3)C2=O)Sc2cc(C(O)O)ccc21.CN1C(=Cc2c(O)c(=O)c2=O)C(C)(C)c2cc(C(=O)O)ccc21. The van der Waals surface area contributed by atoms with E-state index < -0.39 is 70.9 Å². The zero-order chi connectivity index (χ0) is 86.2. The van der Waals surface area contributed by atoms with Gasteiger partial charge in [0.1, 0.15) is 11.4 Å². The first-order valence-electron chi connectivity index (χ1n) is 36.2. The summed E-state index contributed by atoms with van der Waals surface area (Å²) in [5.74, 6) is -4.72. The highest BCUT2D eigenvalue weighted by Gasteiger charge is 2.47. The third kappa shape index (κ3) is 16.3. The van der Waals surface area contributed by atoms with E-state index >= 15 is 0 Å². The summed E-state index contributed by atoms with van der Waals surface area (Å²) in [7, 11) is 2.99. The summed E-state index contributed by atoms with van der Waals surface area (Å²) in [4.78, 5) is 127. The number of ketones is 1. The number of hydrogen-bond acceptors (Lipinski definition) is 25. The standard InChI is InChI=1S/C30H30N2O6.C20H17N2O6PS3.C17H16N2O3S3.C17H15NO5/c1-29(2)19-11-15(27(35)36)7-9-21(19)31(5)23(29)13-17-25(33)18(26(17)34)14-24-30(3,4)20-12-16(28(37)38)8-10-22(20)32(24)6;1-21-14-7-2-11(19(24)25)10-16(14)31-17(21)9-8-15-18(23)22(20(30)32-15)12-3-5-13(6-4-12)29(26,27)28;1-2-18-11-5-3-4-6-12(11)24-14(18)8-7-13-16(22)19(17(23)25-13)10-9-15(20)21;1-17(2)10-6-8(16(22)23)4-5-11(10)18(3)12(17)7-9-13(19)15(21)14(9)20/h7-14,27,35-36H,1-6H3,(H-,33,34,37,38);2-10,19,24-25H,1H3,(H2,26,27,28);3-8H,2,9-10H2,1H3,(H,20,21);4-7,19H,1-3H3,(H,22,23). The Kier molecular flexibility index (Phi) is 24.5. The van der Waals surface area contributed by atoms with Gasteiger partial charge >= 0.3 is 25.5 Å². The average Bonchev–Trinajstić information content (AvgIpc) is 1.55. The number of aliphatic hydroxyl groups is 4. The van der Waals surface area contributed by atoms with Gasteiger partial charge < -0.3 is 75.3 Å². The summed E-state index contributed by atoms with van der Waals surface area (Å²) in [6.45, 7) is 14.6. The molecule has 27 nitrogen and oxygen atoms in total. The van der Waals surface area contributed by atoms with Crippen molar-refractivity contribution in [2.45, 2.75) is 93.5 Å². The van der Waals surface area contributed by atoms with E-state index in [-0.39, 0.29) is 69.5 Å². The summed E-state index contributed by atoms with van der Waals surface area (Å²) in [5, 5.41) is 89.9. The second-order valence-corrected chi connectivity index (χ2v) is 36.5. The Morgan fingerprint density at radius 2 is 1.11 bits per heavy atom. The number of aromatic hydroxyl groups is 1. The van der Waals surface area contributed by atoms with E-state index in [2.05, 4.69) is 24.0 Å². The molecule has 0 bridgehead atoms. The lowest BCUT2D eigenvalue weighted by Crippen LogP contribution is -2.34. The van der Waals surface area contributed by atoms with E-state index in [1.807, 2.05) is 100 Å². The number of aliphatic carboxylic acids is 1. The van der Waals surface area contributed by atoms with Gasteiger partial charge in [-0.2, -0.15) is 4.58 Å². The van der Waals surface area contributed by atoms with Gasteiger partial charge in [-0.1, -0.05) is 129 Å². The van der Waals surface area contributed by atoms with Crippen LogP contribution in [0.15, 0.2) is 225 Å². The molecule has 7 aromatic rings. The van der Waals surface area contributed by atoms with Crippen molar-refractivity contribution in [3.05, 3.63) is 271 Å². The molecule has 2 saturated heterocycles. The van der Waals surface area contributed by atoms with Gasteiger partial charge in [0.15, 0.2) is 34.1 Å². The van der Waals surface area contributed by atoms with Gasteiger partial charge in [0.2, 0.25) is 11.1 Å². The number of likely N-dealkylation sites (N-methyl/N-ethyl adjacent to an activating group) is 2. The lowest BCUT2D eigenvalue weighted by Gasteiger charge is -2.32. The van der Waals surface area contributed by atoms with Gasteiger partial charge in [-0.25, -0.2) is 9.59 Å². The van der Waals surface area contributed by atoms with Crippen LogP contribution in [-0.2, 0) is 40.0 Å². The van der Waals surface area contributed by atoms with Gasteiger partial charge in [0.25, 0.3) is 17.2 Å². The summed E-state index contributed by atoms with van der Waals surface area (Å²) in [6, 6.07) is 33.7. The average molecular weight is 1730 g/mol. The highest BCUT2D eigenvalue weighted by atomic mass is 32.2. The van der Waals surface area contributed by atoms with Crippen LogP contribution in [0.25, 0.3) is 6.08 Å². The van der Waals surface area contributed by atoms with E-state index in [0.717, 1.165) is 84.1 Å². The van der Waals surface area contributed by atoms with E-state index in [1.165, 1.54) is 80.3 Å². The smallest absolute Gasteiger partial charge is 0.356 e. The molecule has 0 saturated carbocycles. The van der Waals surface area contributed by atoms with Crippen molar-refractivity contribution in [2.24, 2.45) is 0 Å². The van der Waals surface area contributed by atoms with Crippen LogP contribution in [0.4, 0.5) is 34.1 Å². The van der Waals surface area contributed by atoms with Crippen LogP contribution in [0.1, 0.15) is 122 Å². The largest absolute Gasteiger partial charge is 0.871 e. The maximum absolute atomic E-state index is 13.3. The van der Waals surface area contributed by atoms with E-state index in [1.54, 1.807) is 116 Å². The Morgan fingerprint density at radius 1 is 0.576 bits per heavy atom. The summed E-state index contributed by atoms with van der Waals surface area (Å²) in [5.41, 5.74) is 7.73. The van der Waals surface area contributed by atoms with Crippen molar-refractivity contribution in [1.29, 1.82) is 0 Å². The maximum Gasteiger partial charge on any atom is 0.356 e.